The van der Waals surface area contributed by atoms with E-state index in [2.05, 4.69) is 55.1 Å². The summed E-state index contributed by atoms with van der Waals surface area (Å²) in [5, 5.41) is 0. The van der Waals surface area contributed by atoms with Gasteiger partial charge in [0.2, 0.25) is 0 Å². The third-order valence-electron chi connectivity index (χ3n) is 0.515. The SMILES string of the molecule is Ic1c[nH]c(I)n1. The van der Waals surface area contributed by atoms with Gasteiger partial charge in [0.1, 0.15) is 3.70 Å². The van der Waals surface area contributed by atoms with Crippen LogP contribution in [0, 0.1) is 7.53 Å². The van der Waals surface area contributed by atoms with E-state index in [0.717, 1.165) is 7.53 Å². The molecule has 0 radical (unpaired) electrons. The summed E-state index contributed by atoms with van der Waals surface area (Å²) < 4.78 is 1.96. The first-order chi connectivity index (χ1) is 3.29. The molecule has 0 atom stereocenters. The molecule has 38 valence electrons. The molecule has 1 heterocycles. The first-order valence-electron chi connectivity index (χ1n) is 1.65. The lowest BCUT2D eigenvalue weighted by Crippen LogP contribution is -1.68. The zero-order valence-electron chi connectivity index (χ0n) is 3.28. The van der Waals surface area contributed by atoms with Gasteiger partial charge in [0.25, 0.3) is 0 Å². The van der Waals surface area contributed by atoms with Crippen LogP contribution in [0.5, 0.6) is 0 Å². The van der Waals surface area contributed by atoms with Crippen LogP contribution in [-0.2, 0) is 0 Å². The normalized spacial score (nSPS) is 9.43. The van der Waals surface area contributed by atoms with E-state index in [0.29, 0.717) is 0 Å². The maximum Gasteiger partial charge on any atom is 0.169 e. The predicted molar refractivity (Wildman–Crippen MR) is 44.0 cm³/mol. The van der Waals surface area contributed by atoms with Crippen molar-refractivity contribution in [1.82, 2.24) is 9.97 Å². The molecule has 2 nitrogen and oxygen atoms in total. The number of imidazole rings is 1. The second-order valence-electron chi connectivity index (χ2n) is 1.01. The minimum atomic E-state index is 0.946. The first-order valence-corrected chi connectivity index (χ1v) is 3.81. The second kappa shape index (κ2) is 2.29. The molecule has 1 N–H and O–H groups in total. The number of hydrogen-bond acceptors (Lipinski definition) is 1. The minimum absolute atomic E-state index is 0.946. The van der Waals surface area contributed by atoms with E-state index in [-0.39, 0.29) is 0 Å². The summed E-state index contributed by atoms with van der Waals surface area (Å²) in [4.78, 5) is 6.97. The molecule has 4 heteroatoms. The van der Waals surface area contributed by atoms with Crippen LogP contribution in [0.2, 0.25) is 0 Å². The Balaban J connectivity index is 3.04. The standard InChI is InChI=1S/C3H2I2N2/c4-2-1-6-3(5)7-2/h1H,(H,6,7). The highest BCUT2D eigenvalue weighted by Crippen LogP contribution is 2.01. The summed E-state index contributed by atoms with van der Waals surface area (Å²) in [6.45, 7) is 0. The second-order valence-corrected chi connectivity index (χ2v) is 3.14. The molecule has 0 fully saturated rings. The molecular weight excluding hydrogens is 318 g/mol. The fraction of sp³-hybridized carbons (Fsp3) is 0. The summed E-state index contributed by atoms with van der Waals surface area (Å²) in [5.74, 6) is 0. The molecule has 1 rings (SSSR count). The van der Waals surface area contributed by atoms with Gasteiger partial charge in [-0.15, -0.1) is 0 Å². The number of nitrogens with one attached hydrogen (secondary N) is 1. The van der Waals surface area contributed by atoms with Gasteiger partial charge < -0.3 is 4.98 Å². The average Bonchev–Trinajstić information content (AvgIpc) is 1.87. The van der Waals surface area contributed by atoms with Crippen molar-refractivity contribution in [2.24, 2.45) is 0 Å². The molecule has 0 aliphatic heterocycles. The van der Waals surface area contributed by atoms with Gasteiger partial charge in [-0.2, -0.15) is 0 Å². The summed E-state index contributed by atoms with van der Waals surface area (Å²) in [6, 6.07) is 0. The van der Waals surface area contributed by atoms with Crippen LogP contribution in [0.15, 0.2) is 6.20 Å². The molecule has 0 spiro atoms. The third kappa shape index (κ3) is 1.56. The maximum absolute atomic E-state index is 4.03. The van der Waals surface area contributed by atoms with Gasteiger partial charge in [0.15, 0.2) is 3.83 Å². The van der Waals surface area contributed by atoms with Gasteiger partial charge in [-0.1, -0.05) is 0 Å². The number of H-pyrrole nitrogens is 1. The highest BCUT2D eigenvalue weighted by molar-refractivity contribution is 14.1. The Morgan fingerprint density at radius 1 is 1.57 bits per heavy atom. The smallest absolute Gasteiger partial charge is 0.169 e. The van der Waals surface area contributed by atoms with Crippen LogP contribution in [-0.4, -0.2) is 9.97 Å². The number of halogens is 2. The molecule has 0 saturated carbocycles. The van der Waals surface area contributed by atoms with Crippen molar-refractivity contribution in [1.29, 1.82) is 0 Å². The van der Waals surface area contributed by atoms with E-state index in [1.807, 2.05) is 6.20 Å². The number of aromatic amines is 1. The van der Waals surface area contributed by atoms with Crippen LogP contribution >= 0.6 is 45.2 Å². The zero-order valence-corrected chi connectivity index (χ0v) is 7.60. The van der Waals surface area contributed by atoms with Crippen molar-refractivity contribution in [2.75, 3.05) is 0 Å². The largest absolute Gasteiger partial charge is 0.339 e. The summed E-state index contributed by atoms with van der Waals surface area (Å²) in [7, 11) is 0. The van der Waals surface area contributed by atoms with Gasteiger partial charge in [-0.3, -0.25) is 0 Å². The molecule has 1 aromatic heterocycles. The molecule has 0 aliphatic carbocycles. The van der Waals surface area contributed by atoms with Crippen molar-refractivity contribution < 1.29 is 0 Å². The minimum Gasteiger partial charge on any atom is -0.339 e. The summed E-state index contributed by atoms with van der Waals surface area (Å²) in [6.07, 6.45) is 1.86. The van der Waals surface area contributed by atoms with Crippen molar-refractivity contribution in [3.8, 4) is 0 Å². The number of rotatable bonds is 0. The van der Waals surface area contributed by atoms with Crippen LogP contribution < -0.4 is 0 Å². The quantitative estimate of drug-likeness (QED) is 0.723. The van der Waals surface area contributed by atoms with Crippen LogP contribution in [0.1, 0.15) is 0 Å². The molecule has 0 bridgehead atoms. The van der Waals surface area contributed by atoms with E-state index >= 15 is 0 Å². The maximum atomic E-state index is 4.03. The van der Waals surface area contributed by atoms with E-state index < -0.39 is 0 Å². The molecule has 0 unspecified atom stereocenters. The molecule has 0 amide bonds. The monoisotopic (exact) mass is 320 g/mol. The van der Waals surface area contributed by atoms with Crippen LogP contribution in [0.4, 0.5) is 0 Å². The Hall–Kier alpha value is 0.670. The lowest BCUT2D eigenvalue weighted by Gasteiger charge is -1.67. The van der Waals surface area contributed by atoms with Crippen LogP contribution in [0.3, 0.4) is 0 Å². The Morgan fingerprint density at radius 2 is 2.29 bits per heavy atom. The molecule has 0 aromatic carbocycles. The predicted octanol–water partition coefficient (Wildman–Crippen LogP) is 1.62. The Morgan fingerprint density at radius 3 is 2.43 bits per heavy atom. The van der Waals surface area contributed by atoms with E-state index in [1.165, 1.54) is 0 Å². The number of hydrogen-bond donors (Lipinski definition) is 1. The fourth-order valence-electron chi connectivity index (χ4n) is 0.277. The van der Waals surface area contributed by atoms with Gasteiger partial charge >= 0.3 is 0 Å². The Labute approximate surface area is 68.4 Å². The van der Waals surface area contributed by atoms with Gasteiger partial charge in [-0.25, -0.2) is 4.98 Å². The van der Waals surface area contributed by atoms with E-state index in [9.17, 15) is 0 Å². The topological polar surface area (TPSA) is 28.7 Å². The van der Waals surface area contributed by atoms with Crippen molar-refractivity contribution in [3.05, 3.63) is 13.7 Å². The number of aromatic nitrogens is 2. The molecular formula is C3H2I2N2. The Bertz CT molecular complexity index is 143. The van der Waals surface area contributed by atoms with Crippen molar-refractivity contribution in [2.45, 2.75) is 0 Å². The lowest BCUT2D eigenvalue weighted by atomic mass is 11.0. The Kier molecular flexibility index (Phi) is 1.90. The zero-order chi connectivity index (χ0) is 5.28. The summed E-state index contributed by atoms with van der Waals surface area (Å²) in [5.41, 5.74) is 0. The molecule has 0 aliphatic rings. The molecule has 0 saturated heterocycles. The third-order valence-corrected chi connectivity index (χ3v) is 1.62. The fourth-order valence-corrected chi connectivity index (χ4v) is 1.55. The van der Waals surface area contributed by atoms with Gasteiger partial charge in [0.05, 0.1) is 0 Å². The summed E-state index contributed by atoms with van der Waals surface area (Å²) >= 11 is 4.28. The highest BCUT2D eigenvalue weighted by Gasteiger charge is 1.88. The average molecular weight is 320 g/mol. The molecule has 1 aromatic rings. The van der Waals surface area contributed by atoms with Crippen molar-refractivity contribution >= 4 is 45.2 Å². The molecule has 7 heavy (non-hydrogen) atoms. The lowest BCUT2D eigenvalue weighted by molar-refractivity contribution is 1.22. The van der Waals surface area contributed by atoms with Crippen LogP contribution in [0.25, 0.3) is 0 Å². The highest BCUT2D eigenvalue weighted by atomic mass is 127. The van der Waals surface area contributed by atoms with Gasteiger partial charge in [0, 0.05) is 6.20 Å². The van der Waals surface area contributed by atoms with Crippen molar-refractivity contribution in [3.63, 3.8) is 0 Å². The number of nitrogens with zero attached hydrogens (tertiary/aromatic N) is 1. The van der Waals surface area contributed by atoms with Gasteiger partial charge in [-0.05, 0) is 45.2 Å². The first kappa shape index (κ1) is 5.80. The van der Waals surface area contributed by atoms with E-state index in [1.54, 1.807) is 0 Å². The van der Waals surface area contributed by atoms with E-state index in [4.69, 9.17) is 0 Å².